The molecule has 0 aliphatic heterocycles. The molecule has 2 nitrogen and oxygen atoms in total. The van der Waals surface area contributed by atoms with Gasteiger partial charge in [-0.15, -0.1) is 0 Å². The number of aromatic nitrogens is 2. The monoisotopic (exact) mass is 304 g/mol. The standard InChI is InChI=1S/C19H13ClN2/c20-17-5-1-2-6-19(17)22-11-9-15-12-14(7-8-18(15)22)16-4-3-10-21-13-16/h1-13H. The van der Waals surface area contributed by atoms with Gasteiger partial charge in [0.05, 0.1) is 16.2 Å². The van der Waals surface area contributed by atoms with Crippen LogP contribution in [-0.2, 0) is 0 Å². The minimum Gasteiger partial charge on any atom is -0.315 e. The summed E-state index contributed by atoms with van der Waals surface area (Å²) in [6.45, 7) is 0. The van der Waals surface area contributed by atoms with Crippen LogP contribution in [0.2, 0.25) is 5.02 Å². The molecule has 0 N–H and O–H groups in total. The molecule has 4 rings (SSSR count). The topological polar surface area (TPSA) is 17.8 Å². The van der Waals surface area contributed by atoms with Gasteiger partial charge in [-0.05, 0) is 42.0 Å². The van der Waals surface area contributed by atoms with Gasteiger partial charge in [-0.25, -0.2) is 0 Å². The summed E-state index contributed by atoms with van der Waals surface area (Å²) in [6, 6.07) is 20.4. The van der Waals surface area contributed by atoms with E-state index in [1.54, 1.807) is 6.20 Å². The molecule has 2 heterocycles. The van der Waals surface area contributed by atoms with Gasteiger partial charge < -0.3 is 4.57 Å². The van der Waals surface area contributed by atoms with Gasteiger partial charge in [0, 0.05) is 29.5 Å². The number of benzene rings is 2. The van der Waals surface area contributed by atoms with Crippen molar-refractivity contribution in [2.24, 2.45) is 0 Å². The predicted molar refractivity (Wildman–Crippen MR) is 91.5 cm³/mol. The lowest BCUT2D eigenvalue weighted by atomic mass is 10.1. The van der Waals surface area contributed by atoms with Crippen LogP contribution in [0.3, 0.4) is 0 Å². The highest BCUT2D eigenvalue weighted by atomic mass is 35.5. The van der Waals surface area contributed by atoms with Crippen molar-refractivity contribution in [2.75, 3.05) is 0 Å². The largest absolute Gasteiger partial charge is 0.315 e. The Hall–Kier alpha value is -2.58. The van der Waals surface area contributed by atoms with E-state index in [0.29, 0.717) is 0 Å². The molecule has 0 unspecified atom stereocenters. The summed E-state index contributed by atoms with van der Waals surface area (Å²) < 4.78 is 2.12. The van der Waals surface area contributed by atoms with Gasteiger partial charge in [0.15, 0.2) is 0 Å². The van der Waals surface area contributed by atoms with E-state index in [1.165, 1.54) is 5.39 Å². The van der Waals surface area contributed by atoms with Crippen molar-refractivity contribution >= 4 is 22.5 Å². The smallest absolute Gasteiger partial charge is 0.0646 e. The van der Waals surface area contributed by atoms with Crippen molar-refractivity contribution < 1.29 is 0 Å². The Balaban J connectivity index is 1.87. The average molecular weight is 305 g/mol. The maximum absolute atomic E-state index is 6.31. The van der Waals surface area contributed by atoms with Gasteiger partial charge >= 0.3 is 0 Å². The molecule has 2 aromatic heterocycles. The van der Waals surface area contributed by atoms with Gasteiger partial charge in [-0.1, -0.05) is 35.9 Å². The van der Waals surface area contributed by atoms with E-state index in [2.05, 4.69) is 46.1 Å². The summed E-state index contributed by atoms with van der Waals surface area (Å²) in [7, 11) is 0. The molecule has 0 fully saturated rings. The number of rotatable bonds is 2. The zero-order chi connectivity index (χ0) is 14.9. The molecular weight excluding hydrogens is 292 g/mol. The van der Waals surface area contributed by atoms with Crippen molar-refractivity contribution in [3.05, 3.63) is 84.3 Å². The molecule has 0 saturated heterocycles. The fourth-order valence-electron chi connectivity index (χ4n) is 2.71. The van der Waals surface area contributed by atoms with Gasteiger partial charge in [0.2, 0.25) is 0 Å². The quantitative estimate of drug-likeness (QED) is 0.488. The van der Waals surface area contributed by atoms with Crippen LogP contribution in [0, 0.1) is 0 Å². The van der Waals surface area contributed by atoms with E-state index in [9.17, 15) is 0 Å². The fourth-order valence-corrected chi connectivity index (χ4v) is 2.94. The molecule has 22 heavy (non-hydrogen) atoms. The molecular formula is C19H13ClN2. The van der Waals surface area contributed by atoms with Crippen LogP contribution < -0.4 is 0 Å². The summed E-state index contributed by atoms with van der Waals surface area (Å²) in [6.07, 6.45) is 5.72. The van der Waals surface area contributed by atoms with Crippen molar-refractivity contribution in [3.63, 3.8) is 0 Å². The molecule has 0 atom stereocenters. The minimum atomic E-state index is 0.747. The summed E-state index contributed by atoms with van der Waals surface area (Å²) in [5.41, 5.74) is 4.42. The first-order valence-electron chi connectivity index (χ1n) is 7.09. The van der Waals surface area contributed by atoms with Gasteiger partial charge in [-0.3, -0.25) is 4.98 Å². The highest BCUT2D eigenvalue weighted by molar-refractivity contribution is 6.32. The third-order valence-electron chi connectivity index (χ3n) is 3.80. The van der Waals surface area contributed by atoms with Crippen LogP contribution in [-0.4, -0.2) is 9.55 Å². The van der Waals surface area contributed by atoms with Crippen molar-refractivity contribution in [1.29, 1.82) is 0 Å². The SMILES string of the molecule is Clc1ccccc1-n1ccc2cc(-c3cccnc3)ccc21. The lowest BCUT2D eigenvalue weighted by molar-refractivity contribution is 1.13. The number of hydrogen-bond acceptors (Lipinski definition) is 1. The maximum atomic E-state index is 6.31. The molecule has 0 aliphatic carbocycles. The lowest BCUT2D eigenvalue weighted by Crippen LogP contribution is -1.92. The van der Waals surface area contributed by atoms with Gasteiger partial charge in [0.1, 0.15) is 0 Å². The van der Waals surface area contributed by atoms with Crippen LogP contribution >= 0.6 is 11.6 Å². The van der Waals surface area contributed by atoms with E-state index in [1.807, 2.05) is 36.5 Å². The zero-order valence-electron chi connectivity index (χ0n) is 11.8. The average Bonchev–Trinajstić information content (AvgIpc) is 2.99. The first-order chi connectivity index (χ1) is 10.8. The van der Waals surface area contributed by atoms with Crippen LogP contribution in [0.1, 0.15) is 0 Å². The predicted octanol–water partition coefficient (Wildman–Crippen LogP) is 5.35. The summed E-state index contributed by atoms with van der Waals surface area (Å²) in [4.78, 5) is 4.18. The molecule has 0 spiro atoms. The Labute approximate surface area is 133 Å². The molecule has 4 aromatic rings. The van der Waals surface area contributed by atoms with Crippen LogP contribution in [0.5, 0.6) is 0 Å². The minimum absolute atomic E-state index is 0.747. The number of para-hydroxylation sites is 1. The summed E-state index contributed by atoms with van der Waals surface area (Å²) >= 11 is 6.31. The van der Waals surface area contributed by atoms with Crippen LogP contribution in [0.25, 0.3) is 27.7 Å². The highest BCUT2D eigenvalue weighted by Gasteiger charge is 2.07. The van der Waals surface area contributed by atoms with Crippen molar-refractivity contribution in [1.82, 2.24) is 9.55 Å². The second-order valence-corrected chi connectivity index (χ2v) is 5.56. The third kappa shape index (κ3) is 2.18. The van der Waals surface area contributed by atoms with Crippen LogP contribution in [0.4, 0.5) is 0 Å². The molecule has 3 heteroatoms. The molecule has 106 valence electrons. The van der Waals surface area contributed by atoms with Gasteiger partial charge in [-0.2, -0.15) is 0 Å². The number of fused-ring (bicyclic) bond motifs is 1. The van der Waals surface area contributed by atoms with Crippen molar-refractivity contribution in [2.45, 2.75) is 0 Å². The Bertz CT molecular complexity index is 942. The third-order valence-corrected chi connectivity index (χ3v) is 4.12. The number of hydrogen-bond donors (Lipinski definition) is 0. The van der Waals surface area contributed by atoms with E-state index >= 15 is 0 Å². The number of nitrogens with zero attached hydrogens (tertiary/aromatic N) is 2. The fraction of sp³-hybridized carbons (Fsp3) is 0. The summed E-state index contributed by atoms with van der Waals surface area (Å²) in [5.74, 6) is 0. The van der Waals surface area contributed by atoms with Crippen LogP contribution in [0.15, 0.2) is 79.3 Å². The lowest BCUT2D eigenvalue weighted by Gasteiger charge is -2.08. The summed E-state index contributed by atoms with van der Waals surface area (Å²) in [5, 5.41) is 1.93. The molecule has 0 radical (unpaired) electrons. The van der Waals surface area contributed by atoms with E-state index in [4.69, 9.17) is 11.6 Å². The van der Waals surface area contributed by atoms with E-state index < -0.39 is 0 Å². The number of pyridine rings is 1. The molecule has 0 saturated carbocycles. The first-order valence-corrected chi connectivity index (χ1v) is 7.47. The normalized spacial score (nSPS) is 11.0. The molecule has 2 aromatic carbocycles. The maximum Gasteiger partial charge on any atom is 0.0646 e. The Morgan fingerprint density at radius 3 is 2.59 bits per heavy atom. The second kappa shape index (κ2) is 5.32. The van der Waals surface area contributed by atoms with E-state index in [0.717, 1.165) is 27.4 Å². The number of halogens is 1. The highest BCUT2D eigenvalue weighted by Crippen LogP contribution is 2.28. The molecule has 0 bridgehead atoms. The van der Waals surface area contributed by atoms with Gasteiger partial charge in [0.25, 0.3) is 0 Å². The molecule has 0 aliphatic rings. The second-order valence-electron chi connectivity index (χ2n) is 5.15. The van der Waals surface area contributed by atoms with Crippen molar-refractivity contribution in [3.8, 4) is 16.8 Å². The zero-order valence-corrected chi connectivity index (χ0v) is 12.5. The molecule has 0 amide bonds. The Morgan fingerprint density at radius 1 is 0.864 bits per heavy atom. The first kappa shape index (κ1) is 13.1. The Morgan fingerprint density at radius 2 is 1.77 bits per heavy atom. The Kier molecular flexibility index (Phi) is 3.17. The van der Waals surface area contributed by atoms with E-state index in [-0.39, 0.29) is 0 Å².